The predicted molar refractivity (Wildman–Crippen MR) is 137 cm³/mol. The first-order valence-electron chi connectivity index (χ1n) is 13.4. The zero-order valence-electron chi connectivity index (χ0n) is 21.5. The quantitative estimate of drug-likeness (QED) is 0.585. The number of aliphatic hydroxyl groups is 1. The Morgan fingerprint density at radius 2 is 1.94 bits per heavy atom. The Morgan fingerprint density at radius 1 is 1.17 bits per heavy atom. The number of fused-ring (bicyclic) bond motifs is 3. The van der Waals surface area contributed by atoms with Crippen molar-refractivity contribution >= 4 is 22.7 Å². The van der Waals surface area contributed by atoms with Crippen molar-refractivity contribution in [1.29, 1.82) is 0 Å². The molecule has 0 radical (unpaired) electrons. The third kappa shape index (κ3) is 5.04. The third-order valence-corrected chi connectivity index (χ3v) is 8.62. The topological polar surface area (TPSA) is 93.0 Å². The number of aromatic nitrogens is 1. The molecule has 36 heavy (non-hydrogen) atoms. The molecule has 2 fully saturated rings. The highest BCUT2D eigenvalue weighted by molar-refractivity contribution is 5.99. The minimum atomic E-state index is -0.417. The summed E-state index contributed by atoms with van der Waals surface area (Å²) in [5.74, 6) is 1.19. The molecule has 2 N–H and O–H groups in total. The Morgan fingerprint density at radius 3 is 2.64 bits per heavy atom. The van der Waals surface area contributed by atoms with Gasteiger partial charge in [-0.3, -0.25) is 9.59 Å². The zero-order chi connectivity index (χ0) is 25.2. The lowest BCUT2D eigenvalue weighted by Crippen LogP contribution is -2.49. The minimum absolute atomic E-state index is 0.0704. The number of likely N-dealkylation sites (N-methyl/N-ethyl adjacent to an activating group) is 1. The first-order valence-corrected chi connectivity index (χ1v) is 13.4. The molecule has 2 aromatic rings. The van der Waals surface area contributed by atoms with Crippen LogP contribution in [0.1, 0.15) is 53.7 Å². The molecule has 1 aliphatic carbocycles. The van der Waals surface area contributed by atoms with Crippen LogP contribution < -0.4 is 5.32 Å². The summed E-state index contributed by atoms with van der Waals surface area (Å²) in [5, 5.41) is 14.1. The van der Waals surface area contributed by atoms with Crippen molar-refractivity contribution in [1.82, 2.24) is 14.8 Å². The van der Waals surface area contributed by atoms with Gasteiger partial charge >= 0.3 is 0 Å². The highest BCUT2D eigenvalue weighted by Gasteiger charge is 2.31. The van der Waals surface area contributed by atoms with Gasteiger partial charge in [0.15, 0.2) is 0 Å². The molecule has 5 rings (SSSR count). The number of aryl methyl sites for hydroxylation is 1. The summed E-state index contributed by atoms with van der Waals surface area (Å²) in [6, 6.07) is 5.65. The van der Waals surface area contributed by atoms with Gasteiger partial charge in [0.05, 0.1) is 31.9 Å². The number of carbonyl (C=O) groups is 2. The van der Waals surface area contributed by atoms with E-state index in [1.807, 2.05) is 12.1 Å². The zero-order valence-corrected chi connectivity index (χ0v) is 21.5. The van der Waals surface area contributed by atoms with E-state index in [1.54, 1.807) is 11.9 Å². The van der Waals surface area contributed by atoms with Gasteiger partial charge in [0.1, 0.15) is 0 Å². The van der Waals surface area contributed by atoms with E-state index in [0.717, 1.165) is 44.8 Å². The van der Waals surface area contributed by atoms with E-state index in [4.69, 9.17) is 9.47 Å². The number of hydrogen-bond donors (Lipinski definition) is 2. The van der Waals surface area contributed by atoms with Crippen molar-refractivity contribution in [2.24, 2.45) is 18.9 Å². The molecule has 1 aromatic carbocycles. The smallest absolute Gasteiger partial charge is 0.253 e. The highest BCUT2D eigenvalue weighted by Crippen LogP contribution is 2.39. The van der Waals surface area contributed by atoms with Crippen LogP contribution in [0.4, 0.5) is 0 Å². The van der Waals surface area contributed by atoms with Crippen LogP contribution in [-0.2, 0) is 34.2 Å². The predicted octanol–water partition coefficient (Wildman–Crippen LogP) is 2.44. The van der Waals surface area contributed by atoms with E-state index >= 15 is 0 Å². The van der Waals surface area contributed by atoms with Gasteiger partial charge in [0.25, 0.3) is 5.91 Å². The Hall–Kier alpha value is -2.42. The number of aliphatic hydroxyl groups excluding tert-OH is 1. The molecule has 3 heterocycles. The fourth-order valence-corrected chi connectivity index (χ4v) is 6.22. The Balaban J connectivity index is 1.30. The Labute approximate surface area is 212 Å². The molecule has 0 bridgehead atoms. The average molecular weight is 498 g/mol. The SMILES string of the molecule is CN(C(=O)c1ccc2c(c1)c1c(n2C)CC[C@@H](C2CCOCC2)C1)C(CO)CCC(=O)NC1COC1. The molecule has 2 saturated heterocycles. The lowest BCUT2D eigenvalue weighted by atomic mass is 9.75. The second kappa shape index (κ2) is 10.9. The molecule has 8 heteroatoms. The van der Waals surface area contributed by atoms with E-state index in [2.05, 4.69) is 23.0 Å². The van der Waals surface area contributed by atoms with Crippen molar-refractivity contribution in [3.63, 3.8) is 0 Å². The molecule has 2 atom stereocenters. The summed E-state index contributed by atoms with van der Waals surface area (Å²) >= 11 is 0. The molecule has 3 aliphatic rings. The number of nitrogens with zero attached hydrogens (tertiary/aromatic N) is 2. The van der Waals surface area contributed by atoms with E-state index in [0.29, 0.717) is 31.1 Å². The van der Waals surface area contributed by atoms with Gasteiger partial charge in [0, 0.05) is 55.9 Å². The fraction of sp³-hybridized carbons (Fsp3) is 0.643. The summed E-state index contributed by atoms with van der Waals surface area (Å²) in [6.07, 6.45) is 6.32. The van der Waals surface area contributed by atoms with Crippen LogP contribution in [0.3, 0.4) is 0 Å². The highest BCUT2D eigenvalue weighted by atomic mass is 16.5. The molecule has 1 unspecified atom stereocenters. The molecule has 1 aromatic heterocycles. The van der Waals surface area contributed by atoms with Crippen molar-refractivity contribution in [2.45, 2.75) is 57.0 Å². The van der Waals surface area contributed by atoms with Crippen LogP contribution in [0.15, 0.2) is 18.2 Å². The maximum atomic E-state index is 13.4. The van der Waals surface area contributed by atoms with Gasteiger partial charge in [-0.05, 0) is 74.1 Å². The molecule has 8 nitrogen and oxygen atoms in total. The van der Waals surface area contributed by atoms with E-state index in [9.17, 15) is 14.7 Å². The van der Waals surface area contributed by atoms with Gasteiger partial charge in [-0.15, -0.1) is 0 Å². The summed E-state index contributed by atoms with van der Waals surface area (Å²) in [5.41, 5.74) is 4.58. The summed E-state index contributed by atoms with van der Waals surface area (Å²) in [4.78, 5) is 27.2. The maximum Gasteiger partial charge on any atom is 0.253 e. The second-order valence-corrected chi connectivity index (χ2v) is 10.8. The van der Waals surface area contributed by atoms with Gasteiger partial charge in [0.2, 0.25) is 5.91 Å². The van der Waals surface area contributed by atoms with Crippen LogP contribution in [-0.4, -0.2) is 78.6 Å². The molecule has 2 aliphatic heterocycles. The van der Waals surface area contributed by atoms with Crippen LogP contribution in [0.25, 0.3) is 10.9 Å². The largest absolute Gasteiger partial charge is 0.394 e. The second-order valence-electron chi connectivity index (χ2n) is 10.8. The first kappa shape index (κ1) is 25.2. The van der Waals surface area contributed by atoms with E-state index in [1.165, 1.54) is 28.6 Å². The number of carbonyl (C=O) groups excluding carboxylic acids is 2. The molecule has 2 amide bonds. The number of benzene rings is 1. The lowest BCUT2D eigenvalue weighted by molar-refractivity contribution is -0.125. The number of rotatable bonds is 8. The normalized spacial score (nSPS) is 21.6. The van der Waals surface area contributed by atoms with Crippen molar-refractivity contribution < 1.29 is 24.2 Å². The summed E-state index contributed by atoms with van der Waals surface area (Å²) in [7, 11) is 3.85. The van der Waals surface area contributed by atoms with Gasteiger partial charge in [-0.25, -0.2) is 0 Å². The third-order valence-electron chi connectivity index (χ3n) is 8.62. The molecule has 0 saturated carbocycles. The molecular weight excluding hydrogens is 458 g/mol. The van der Waals surface area contributed by atoms with Crippen LogP contribution in [0.2, 0.25) is 0 Å². The number of nitrogens with one attached hydrogen (secondary N) is 1. The first-order chi connectivity index (χ1) is 17.5. The van der Waals surface area contributed by atoms with Crippen LogP contribution >= 0.6 is 0 Å². The lowest BCUT2D eigenvalue weighted by Gasteiger charge is -2.33. The minimum Gasteiger partial charge on any atom is -0.394 e. The monoisotopic (exact) mass is 497 g/mol. The van der Waals surface area contributed by atoms with Crippen LogP contribution in [0, 0.1) is 11.8 Å². The van der Waals surface area contributed by atoms with Crippen molar-refractivity contribution in [2.75, 3.05) is 40.1 Å². The number of ether oxygens (including phenoxy) is 2. The number of amides is 2. The average Bonchev–Trinajstić information content (AvgIpc) is 3.17. The van der Waals surface area contributed by atoms with Crippen molar-refractivity contribution in [3.05, 3.63) is 35.0 Å². The standard InChI is InChI=1S/C28H39N3O5/c1-30(22(15-32)5-8-27(33)29-21-16-36-17-21)28(34)20-4-7-26-24(14-20)23-13-19(3-6-25(23)31(26)2)18-9-11-35-12-10-18/h4,7,14,18-19,21-22,32H,3,5-6,8-13,15-17H2,1-2H3,(H,29,33)/t19-,22?/m1/s1. The molecule has 196 valence electrons. The van der Waals surface area contributed by atoms with E-state index in [-0.39, 0.29) is 30.9 Å². The molecule has 0 spiro atoms. The molecular formula is C28H39N3O5. The van der Waals surface area contributed by atoms with Gasteiger partial charge in [-0.1, -0.05) is 0 Å². The maximum absolute atomic E-state index is 13.4. The van der Waals surface area contributed by atoms with Crippen molar-refractivity contribution in [3.8, 4) is 0 Å². The van der Waals surface area contributed by atoms with Gasteiger partial charge in [-0.2, -0.15) is 0 Å². The van der Waals surface area contributed by atoms with E-state index < -0.39 is 6.04 Å². The Kier molecular flexibility index (Phi) is 7.65. The Bertz CT molecular complexity index is 1100. The van der Waals surface area contributed by atoms with Crippen LogP contribution in [0.5, 0.6) is 0 Å². The summed E-state index contributed by atoms with van der Waals surface area (Å²) in [6.45, 7) is 2.66. The fourth-order valence-electron chi connectivity index (χ4n) is 6.22. The number of hydrogen-bond acceptors (Lipinski definition) is 5. The summed E-state index contributed by atoms with van der Waals surface area (Å²) < 4.78 is 13.0. The van der Waals surface area contributed by atoms with Gasteiger partial charge < -0.3 is 29.4 Å².